The summed E-state index contributed by atoms with van der Waals surface area (Å²) >= 11 is 0.704. The Morgan fingerprint density at radius 1 is 0.881 bits per heavy atom. The van der Waals surface area contributed by atoms with Crippen LogP contribution < -0.4 is 10.1 Å². The summed E-state index contributed by atoms with van der Waals surface area (Å²) in [5, 5.41) is 2.20. The van der Waals surface area contributed by atoms with Crippen molar-refractivity contribution in [2.24, 2.45) is 0 Å². The van der Waals surface area contributed by atoms with Crippen LogP contribution >= 0.6 is 11.8 Å². The number of halogens is 6. The van der Waals surface area contributed by atoms with Crippen molar-refractivity contribution in [3.8, 4) is 5.75 Å². The Morgan fingerprint density at radius 2 is 1.64 bits per heavy atom. The summed E-state index contributed by atoms with van der Waals surface area (Å²) in [6.45, 7) is -0.114. The average Bonchev–Trinajstić information content (AvgIpc) is 3.44. The predicted octanol–water partition coefficient (Wildman–Crippen LogP) is 8.19. The summed E-state index contributed by atoms with van der Waals surface area (Å²) in [6.07, 6.45) is -5.58. The highest BCUT2D eigenvalue weighted by molar-refractivity contribution is 8.18. The molecule has 4 aromatic rings. The molecule has 1 aromatic heterocycles. The number of hydrogen-bond donors (Lipinski definition) is 1. The maximum atomic E-state index is 13.9. The molecule has 1 fully saturated rings. The molecular weight excluding hydrogens is 582 g/mol. The number of amides is 2. The first kappa shape index (κ1) is 29.1. The normalized spacial score (nSPS) is 15.2. The molecule has 12 heteroatoms. The molecule has 0 saturated carbocycles. The van der Waals surface area contributed by atoms with Gasteiger partial charge in [-0.3, -0.25) is 14.9 Å². The highest BCUT2D eigenvalue weighted by atomic mass is 32.2. The summed E-state index contributed by atoms with van der Waals surface area (Å²) in [7, 11) is 0. The molecule has 216 valence electrons. The minimum Gasteiger partial charge on any atom is -0.489 e. The van der Waals surface area contributed by atoms with Gasteiger partial charge in [-0.05, 0) is 71.4 Å². The minimum absolute atomic E-state index is 0.115. The topological polar surface area (TPSA) is 60.3 Å². The number of imide groups is 1. The molecule has 2 amide bonds. The maximum absolute atomic E-state index is 13.9. The SMILES string of the molecule is O=C1NC(=O)C(=C/C=C/c2cc3cc(OCc4ccccc4)ccc3n2Cc2ccc(C(F)(F)F)cc2C(F)(F)F)S1. The zero-order valence-electron chi connectivity index (χ0n) is 21.4. The highest BCUT2D eigenvalue weighted by Crippen LogP contribution is 2.38. The van der Waals surface area contributed by atoms with E-state index in [-0.39, 0.29) is 23.1 Å². The lowest BCUT2D eigenvalue weighted by molar-refractivity contribution is -0.143. The van der Waals surface area contributed by atoms with E-state index in [1.165, 1.54) is 22.8 Å². The lowest BCUT2D eigenvalue weighted by Gasteiger charge is -2.18. The van der Waals surface area contributed by atoms with E-state index < -0.39 is 41.2 Å². The zero-order chi connectivity index (χ0) is 30.1. The van der Waals surface area contributed by atoms with Crippen LogP contribution in [0.4, 0.5) is 31.1 Å². The van der Waals surface area contributed by atoms with Gasteiger partial charge in [0.25, 0.3) is 11.1 Å². The Labute approximate surface area is 239 Å². The number of nitrogens with one attached hydrogen (secondary N) is 1. The van der Waals surface area contributed by atoms with E-state index in [1.54, 1.807) is 24.3 Å². The number of rotatable bonds is 7. The van der Waals surface area contributed by atoms with Gasteiger partial charge in [-0.1, -0.05) is 42.5 Å². The fourth-order valence-corrected chi connectivity index (χ4v) is 5.04. The largest absolute Gasteiger partial charge is 0.489 e. The number of nitrogens with zero attached hydrogens (tertiary/aromatic N) is 1. The first-order chi connectivity index (χ1) is 19.9. The number of carbonyl (C=O) groups is 2. The Bertz CT molecular complexity index is 1720. The first-order valence-electron chi connectivity index (χ1n) is 12.4. The van der Waals surface area contributed by atoms with Crippen molar-refractivity contribution in [1.29, 1.82) is 0 Å². The van der Waals surface area contributed by atoms with Crippen LogP contribution in [0.3, 0.4) is 0 Å². The number of benzene rings is 3. The molecule has 1 aliphatic heterocycles. The van der Waals surface area contributed by atoms with Crippen molar-refractivity contribution in [3.05, 3.63) is 118 Å². The number of aromatic nitrogens is 1. The second kappa shape index (κ2) is 11.4. The van der Waals surface area contributed by atoms with Gasteiger partial charge in [0.05, 0.1) is 16.0 Å². The number of alkyl halides is 6. The Kier molecular flexibility index (Phi) is 7.91. The van der Waals surface area contributed by atoms with E-state index >= 15 is 0 Å². The monoisotopic (exact) mass is 602 g/mol. The fraction of sp³-hybridized carbons (Fsp3) is 0.133. The van der Waals surface area contributed by atoms with E-state index in [2.05, 4.69) is 5.32 Å². The molecule has 0 bridgehead atoms. The standard InChI is InChI=1S/C30H20F6N2O3S/c31-29(32,33)21-10-9-19(24(15-21)30(34,35)36)16-38-22(7-4-8-26-27(39)37-28(40)42-26)13-20-14-23(11-12-25(20)38)41-17-18-5-2-1-3-6-18/h1-15H,16-17H2,(H,37,39,40)/b7-4+,26-8?. The van der Waals surface area contributed by atoms with Gasteiger partial charge in [-0.2, -0.15) is 26.3 Å². The van der Waals surface area contributed by atoms with Gasteiger partial charge in [-0.15, -0.1) is 0 Å². The van der Waals surface area contributed by atoms with Gasteiger partial charge in [0.15, 0.2) is 0 Å². The summed E-state index contributed by atoms with van der Waals surface area (Å²) in [5.74, 6) is -0.0702. The van der Waals surface area contributed by atoms with Crippen LogP contribution in [-0.2, 0) is 30.3 Å². The Morgan fingerprint density at radius 3 is 2.31 bits per heavy atom. The molecule has 1 saturated heterocycles. The number of ether oxygens (including phenoxy) is 1. The lowest BCUT2D eigenvalue weighted by Crippen LogP contribution is -2.17. The molecule has 0 unspecified atom stereocenters. The van der Waals surface area contributed by atoms with Crippen molar-refractivity contribution in [3.63, 3.8) is 0 Å². The van der Waals surface area contributed by atoms with Crippen molar-refractivity contribution >= 4 is 39.9 Å². The molecule has 0 radical (unpaired) electrons. The second-order valence-electron chi connectivity index (χ2n) is 9.25. The first-order valence-corrected chi connectivity index (χ1v) is 13.2. The van der Waals surface area contributed by atoms with Gasteiger partial charge in [0.2, 0.25) is 0 Å². The Balaban J connectivity index is 1.54. The minimum atomic E-state index is -5.03. The summed E-state index contributed by atoms with van der Waals surface area (Å²) in [6, 6.07) is 17.7. The summed E-state index contributed by atoms with van der Waals surface area (Å²) in [5.41, 5.74) is -1.31. The molecular formula is C30H20F6N2O3S. The third-order valence-electron chi connectivity index (χ3n) is 6.38. The van der Waals surface area contributed by atoms with E-state index in [1.807, 2.05) is 30.3 Å². The van der Waals surface area contributed by atoms with E-state index in [0.717, 1.165) is 11.6 Å². The molecule has 2 heterocycles. The summed E-state index contributed by atoms with van der Waals surface area (Å²) < 4.78 is 88.7. The summed E-state index contributed by atoms with van der Waals surface area (Å²) in [4.78, 5) is 23.4. The van der Waals surface area contributed by atoms with Gasteiger partial charge < -0.3 is 9.30 Å². The predicted molar refractivity (Wildman–Crippen MR) is 147 cm³/mol. The van der Waals surface area contributed by atoms with Crippen molar-refractivity contribution < 1.29 is 40.7 Å². The molecule has 0 spiro atoms. The van der Waals surface area contributed by atoms with E-state index in [0.29, 0.717) is 40.2 Å². The second-order valence-corrected chi connectivity index (χ2v) is 10.3. The molecule has 5 rings (SSSR count). The molecule has 1 N–H and O–H groups in total. The highest BCUT2D eigenvalue weighted by Gasteiger charge is 2.38. The zero-order valence-corrected chi connectivity index (χ0v) is 22.2. The van der Waals surface area contributed by atoms with Crippen LogP contribution in [-0.4, -0.2) is 15.7 Å². The molecule has 1 aliphatic rings. The number of thioether (sulfide) groups is 1. The third kappa shape index (κ3) is 6.54. The van der Waals surface area contributed by atoms with Crippen molar-refractivity contribution in [2.45, 2.75) is 25.5 Å². The molecule has 5 nitrogen and oxygen atoms in total. The molecule has 3 aromatic carbocycles. The van der Waals surface area contributed by atoms with Gasteiger partial charge in [-0.25, -0.2) is 0 Å². The number of allylic oxidation sites excluding steroid dienone is 2. The fourth-order valence-electron chi connectivity index (χ4n) is 4.41. The van der Waals surface area contributed by atoms with Gasteiger partial charge >= 0.3 is 12.4 Å². The average molecular weight is 603 g/mol. The van der Waals surface area contributed by atoms with Gasteiger partial charge in [0.1, 0.15) is 12.4 Å². The van der Waals surface area contributed by atoms with Crippen LogP contribution in [0, 0.1) is 0 Å². The molecule has 0 aliphatic carbocycles. The molecule has 42 heavy (non-hydrogen) atoms. The third-order valence-corrected chi connectivity index (χ3v) is 7.21. The van der Waals surface area contributed by atoms with Crippen LogP contribution in [0.1, 0.15) is 27.9 Å². The quantitative estimate of drug-likeness (QED) is 0.171. The molecule has 0 atom stereocenters. The van der Waals surface area contributed by atoms with Crippen molar-refractivity contribution in [2.75, 3.05) is 0 Å². The van der Waals surface area contributed by atoms with Crippen LogP contribution in [0.25, 0.3) is 17.0 Å². The van der Waals surface area contributed by atoms with Crippen LogP contribution in [0.2, 0.25) is 0 Å². The lowest BCUT2D eigenvalue weighted by atomic mass is 10.0. The smallest absolute Gasteiger partial charge is 0.416 e. The van der Waals surface area contributed by atoms with Gasteiger partial charge in [0, 0.05) is 23.1 Å². The van der Waals surface area contributed by atoms with Crippen molar-refractivity contribution in [1.82, 2.24) is 9.88 Å². The van der Waals surface area contributed by atoms with E-state index in [9.17, 15) is 35.9 Å². The Hall–Kier alpha value is -4.45. The van der Waals surface area contributed by atoms with Crippen LogP contribution in [0.15, 0.2) is 89.9 Å². The number of hydrogen-bond acceptors (Lipinski definition) is 4. The number of carbonyl (C=O) groups excluding carboxylic acids is 2. The number of fused-ring (bicyclic) bond motifs is 1. The maximum Gasteiger partial charge on any atom is 0.416 e. The van der Waals surface area contributed by atoms with Crippen LogP contribution in [0.5, 0.6) is 5.75 Å². The van der Waals surface area contributed by atoms with E-state index in [4.69, 9.17) is 4.74 Å².